The van der Waals surface area contributed by atoms with Crippen LogP contribution in [0.4, 0.5) is 46.7 Å². The molecule has 0 aromatic carbocycles. The molecule has 4 aliphatic heterocycles. The number of alkyl halides is 4. The van der Waals surface area contributed by atoms with Gasteiger partial charge in [-0.3, -0.25) is 9.78 Å². The van der Waals surface area contributed by atoms with Gasteiger partial charge in [0.2, 0.25) is 11.9 Å². The molecule has 60 heavy (non-hydrogen) atoms. The highest BCUT2D eigenvalue weighted by atomic mass is 32.2. The summed E-state index contributed by atoms with van der Waals surface area (Å²) in [6.45, 7) is 8.23. The molecule has 5 atom stereocenters. The fourth-order valence-electron chi connectivity index (χ4n) is 8.87. The van der Waals surface area contributed by atoms with E-state index in [2.05, 4.69) is 26.8 Å². The molecule has 4 aromatic heterocycles. The number of amides is 1. The number of ether oxygens (including phenoxy) is 1. The number of aromatic nitrogens is 5. The first-order valence-corrected chi connectivity index (χ1v) is 22.3. The number of nitrogens with one attached hydrogen (secondary N) is 1. The number of carbonyl (C=O) groups is 1. The highest BCUT2D eigenvalue weighted by molar-refractivity contribution is 7.90. The number of fused-ring (bicyclic) bond motifs is 1. The van der Waals surface area contributed by atoms with Crippen LogP contribution in [0.5, 0.6) is 0 Å². The maximum absolute atomic E-state index is 15.7. The third kappa shape index (κ3) is 8.82. The predicted molar refractivity (Wildman–Crippen MR) is 220 cm³/mol. The lowest BCUT2D eigenvalue weighted by Gasteiger charge is -2.48. The van der Waals surface area contributed by atoms with E-state index < -0.39 is 34.0 Å². The van der Waals surface area contributed by atoms with Gasteiger partial charge in [0, 0.05) is 74.1 Å². The fraction of sp³-hybridized carbons (Fsp3) is 0.512. The number of anilines is 5. The van der Waals surface area contributed by atoms with E-state index in [4.69, 9.17) is 19.7 Å². The summed E-state index contributed by atoms with van der Waals surface area (Å²) in [7, 11) is -3.14. The molecule has 19 heteroatoms. The van der Waals surface area contributed by atoms with Crippen LogP contribution in [0, 0.1) is 5.92 Å². The molecule has 8 rings (SSSR count). The fourth-order valence-corrected chi connectivity index (χ4v) is 10.0. The molecule has 0 spiro atoms. The second kappa shape index (κ2) is 16.7. The Morgan fingerprint density at radius 1 is 0.967 bits per heavy atom. The minimum Gasteiger partial charge on any atom is -0.372 e. The Morgan fingerprint density at radius 2 is 1.75 bits per heavy atom. The largest absolute Gasteiger partial charge is 0.433 e. The van der Waals surface area contributed by atoms with Crippen molar-refractivity contribution in [2.45, 2.75) is 75.7 Å². The van der Waals surface area contributed by atoms with Crippen LogP contribution in [-0.2, 0) is 25.5 Å². The zero-order valence-electron chi connectivity index (χ0n) is 33.4. The molecular formula is C41H48F4N10O4S. The maximum atomic E-state index is 15.7. The third-order valence-electron chi connectivity index (χ3n) is 12.1. The molecule has 4 aromatic rings. The van der Waals surface area contributed by atoms with Gasteiger partial charge in [-0.15, -0.1) is 0 Å². The van der Waals surface area contributed by atoms with Crippen molar-refractivity contribution in [1.82, 2.24) is 29.8 Å². The highest BCUT2D eigenvalue weighted by Crippen LogP contribution is 2.42. The lowest BCUT2D eigenvalue weighted by atomic mass is 9.90. The molecule has 4 saturated heterocycles. The molecule has 320 valence electrons. The Morgan fingerprint density at radius 3 is 2.47 bits per heavy atom. The Labute approximate surface area is 346 Å². The van der Waals surface area contributed by atoms with Crippen LogP contribution in [0.2, 0.25) is 0 Å². The summed E-state index contributed by atoms with van der Waals surface area (Å²) < 4.78 is 85.6. The molecule has 14 nitrogen and oxygen atoms in total. The quantitative estimate of drug-likeness (QED) is 0.141. The molecule has 0 bridgehead atoms. The number of nitrogens with zero attached hydrogens (tertiary/aromatic N) is 9. The van der Waals surface area contributed by atoms with Gasteiger partial charge in [-0.05, 0) is 69.4 Å². The lowest BCUT2D eigenvalue weighted by molar-refractivity contribution is -0.141. The minimum absolute atomic E-state index is 0.0116. The summed E-state index contributed by atoms with van der Waals surface area (Å²) in [5.41, 5.74) is 0.632. The molecule has 4 aliphatic rings. The number of halogens is 4. The number of piperidine rings is 2. The first-order chi connectivity index (χ1) is 28.6. The molecule has 8 heterocycles. The van der Waals surface area contributed by atoms with E-state index in [1.807, 2.05) is 13.0 Å². The Hall–Kier alpha value is -5.17. The van der Waals surface area contributed by atoms with Gasteiger partial charge in [0.15, 0.2) is 0 Å². The van der Waals surface area contributed by atoms with E-state index in [-0.39, 0.29) is 48.1 Å². The van der Waals surface area contributed by atoms with Crippen molar-refractivity contribution in [3.05, 3.63) is 73.0 Å². The molecule has 1 unspecified atom stereocenters. The summed E-state index contributed by atoms with van der Waals surface area (Å²) in [5.74, 6) is 1.45. The van der Waals surface area contributed by atoms with Gasteiger partial charge in [-0.2, -0.15) is 18.2 Å². The normalized spacial score (nSPS) is 24.1. The van der Waals surface area contributed by atoms with Crippen molar-refractivity contribution >= 4 is 55.6 Å². The zero-order valence-corrected chi connectivity index (χ0v) is 34.2. The van der Waals surface area contributed by atoms with Crippen LogP contribution < -0.4 is 20.0 Å². The van der Waals surface area contributed by atoms with Crippen LogP contribution in [0.3, 0.4) is 0 Å². The molecule has 1 N–H and O–H groups in total. The van der Waals surface area contributed by atoms with E-state index in [0.29, 0.717) is 69.6 Å². The van der Waals surface area contributed by atoms with Gasteiger partial charge >= 0.3 is 6.18 Å². The molecular weight excluding hydrogens is 805 g/mol. The van der Waals surface area contributed by atoms with Crippen molar-refractivity contribution in [1.29, 1.82) is 0 Å². The molecule has 0 radical (unpaired) electrons. The van der Waals surface area contributed by atoms with Crippen LogP contribution in [0.25, 0.3) is 10.8 Å². The standard InChI is InChI=1S/C41H48F4N10O4S/c1-4-38(56)54-15-6-7-31(54)39-28-19-36(47-20-29(28)32(21-48-39)55-22-26(25(55)2)24-60(3,57)58)50-35-10-14-46-40(51-35)53-18-13-33(30(42)23-53)59-27-11-16-52(17-12-27)37-9-5-8-34(49-37)41(43,44)45/h4-5,8-10,14,19-21,25-27,30-31,33H,1,6-7,11-13,15-18,22-24H2,2-3H3,(H,46,47,50,51)/t25-,26-,30+,31?,33-/m1/s1. The summed E-state index contributed by atoms with van der Waals surface area (Å²) in [4.78, 5) is 43.0. The van der Waals surface area contributed by atoms with Crippen molar-refractivity contribution in [3.63, 3.8) is 0 Å². The first kappa shape index (κ1) is 41.6. The van der Waals surface area contributed by atoms with Gasteiger partial charge in [0.25, 0.3) is 0 Å². The average Bonchev–Trinajstić information content (AvgIpc) is 3.72. The number of hydrogen-bond donors (Lipinski definition) is 1. The molecule has 1 amide bonds. The van der Waals surface area contributed by atoms with E-state index in [0.717, 1.165) is 41.1 Å². The molecule has 0 saturated carbocycles. The Balaban J connectivity index is 0.942. The van der Waals surface area contributed by atoms with E-state index >= 15 is 4.39 Å². The lowest BCUT2D eigenvalue weighted by Crippen LogP contribution is -2.57. The van der Waals surface area contributed by atoms with Crippen molar-refractivity contribution in [2.24, 2.45) is 5.92 Å². The predicted octanol–water partition coefficient (Wildman–Crippen LogP) is 5.90. The minimum atomic E-state index is -4.52. The maximum Gasteiger partial charge on any atom is 0.433 e. The SMILES string of the molecule is C=CC(=O)N1CCCC1c1ncc(N2C[C@H](CS(C)(=O)=O)[C@H]2C)c2cnc(Nc3ccnc(N4CC[C@@H](OC5CCN(c6cccc(C(F)(F)F)n6)CC5)[C@@H](F)C4)n3)cc12. The summed E-state index contributed by atoms with van der Waals surface area (Å²) >= 11 is 0. The Kier molecular flexibility index (Phi) is 11.6. The van der Waals surface area contributed by atoms with Crippen molar-refractivity contribution in [2.75, 3.05) is 71.3 Å². The number of hydrogen-bond acceptors (Lipinski definition) is 13. The number of carbonyl (C=O) groups excluding carboxylic acids is 1. The van der Waals surface area contributed by atoms with Crippen LogP contribution >= 0.6 is 0 Å². The van der Waals surface area contributed by atoms with E-state index in [9.17, 15) is 26.4 Å². The van der Waals surface area contributed by atoms with Gasteiger partial charge < -0.3 is 29.7 Å². The zero-order chi connectivity index (χ0) is 42.3. The molecule has 0 aliphatic carbocycles. The first-order valence-electron chi connectivity index (χ1n) is 20.2. The van der Waals surface area contributed by atoms with Gasteiger partial charge in [-0.1, -0.05) is 12.6 Å². The number of rotatable bonds is 11. The monoisotopic (exact) mass is 852 g/mol. The van der Waals surface area contributed by atoms with Crippen LogP contribution in [0.15, 0.2) is 61.6 Å². The van der Waals surface area contributed by atoms with Gasteiger partial charge in [0.1, 0.15) is 39.2 Å². The summed E-state index contributed by atoms with van der Waals surface area (Å²) in [6, 6.07) is 7.15. The summed E-state index contributed by atoms with van der Waals surface area (Å²) in [6.07, 6.45) is 4.05. The number of sulfone groups is 1. The van der Waals surface area contributed by atoms with Gasteiger partial charge in [-0.25, -0.2) is 27.8 Å². The highest BCUT2D eigenvalue weighted by Gasteiger charge is 2.40. The third-order valence-corrected chi connectivity index (χ3v) is 13.1. The van der Waals surface area contributed by atoms with Crippen molar-refractivity contribution < 1.29 is 35.5 Å². The molecule has 4 fully saturated rings. The van der Waals surface area contributed by atoms with E-state index in [1.165, 1.54) is 18.4 Å². The van der Waals surface area contributed by atoms with Crippen LogP contribution in [0.1, 0.15) is 56.5 Å². The number of pyridine rings is 3. The van der Waals surface area contributed by atoms with Gasteiger partial charge in [0.05, 0.1) is 48.1 Å². The smallest absolute Gasteiger partial charge is 0.372 e. The van der Waals surface area contributed by atoms with Crippen LogP contribution in [-0.4, -0.2) is 120 Å². The van der Waals surface area contributed by atoms with E-state index in [1.54, 1.807) is 45.4 Å². The topological polar surface area (TPSA) is 150 Å². The summed E-state index contributed by atoms with van der Waals surface area (Å²) in [5, 5.41) is 4.91. The average molecular weight is 853 g/mol. The number of likely N-dealkylation sites (tertiary alicyclic amines) is 1. The Bertz CT molecular complexity index is 2350. The second-order valence-electron chi connectivity index (χ2n) is 16.1. The second-order valence-corrected chi connectivity index (χ2v) is 18.3. The van der Waals surface area contributed by atoms with Crippen molar-refractivity contribution in [3.8, 4) is 0 Å².